The standard InChI is InChI=1S/C13H19BrN4O/c1-9-7-17(5-4-15-9)11-6-16-18(8-10-2-3-10)13(19)12(11)14/h6,9-10,15H,2-5,7-8H2,1H3/t9-/m1/s1. The molecule has 1 aromatic heterocycles. The molecule has 2 aliphatic rings. The summed E-state index contributed by atoms with van der Waals surface area (Å²) < 4.78 is 2.24. The van der Waals surface area contributed by atoms with Crippen LogP contribution < -0.4 is 15.8 Å². The van der Waals surface area contributed by atoms with Crippen molar-refractivity contribution in [1.82, 2.24) is 15.1 Å². The largest absolute Gasteiger partial charge is 0.366 e. The molecule has 1 aliphatic heterocycles. The van der Waals surface area contributed by atoms with Crippen molar-refractivity contribution in [2.75, 3.05) is 24.5 Å². The summed E-state index contributed by atoms with van der Waals surface area (Å²) in [7, 11) is 0. The molecule has 6 heteroatoms. The molecule has 1 saturated carbocycles. The van der Waals surface area contributed by atoms with Gasteiger partial charge in [-0.15, -0.1) is 0 Å². The van der Waals surface area contributed by atoms with E-state index in [1.807, 2.05) is 6.20 Å². The van der Waals surface area contributed by atoms with E-state index in [9.17, 15) is 4.79 Å². The van der Waals surface area contributed by atoms with Gasteiger partial charge in [0.15, 0.2) is 0 Å². The minimum Gasteiger partial charge on any atom is -0.366 e. The number of nitrogens with one attached hydrogen (secondary N) is 1. The third-order valence-corrected chi connectivity index (χ3v) is 4.55. The maximum Gasteiger partial charge on any atom is 0.283 e. The highest BCUT2D eigenvalue weighted by Crippen LogP contribution is 2.30. The minimum atomic E-state index is -0.00409. The van der Waals surface area contributed by atoms with Gasteiger partial charge in [0.2, 0.25) is 0 Å². The fourth-order valence-corrected chi connectivity index (χ4v) is 3.06. The molecule has 1 atom stereocenters. The van der Waals surface area contributed by atoms with Crippen LogP contribution in [0.5, 0.6) is 0 Å². The number of piperazine rings is 1. The van der Waals surface area contributed by atoms with E-state index in [2.05, 4.69) is 38.2 Å². The SMILES string of the molecule is C[C@@H]1CN(c2cnn(CC3CC3)c(=O)c2Br)CCN1. The van der Waals surface area contributed by atoms with Crippen LogP contribution >= 0.6 is 15.9 Å². The molecular formula is C13H19BrN4O. The Labute approximate surface area is 121 Å². The van der Waals surface area contributed by atoms with Crippen LogP contribution in [-0.4, -0.2) is 35.5 Å². The lowest BCUT2D eigenvalue weighted by molar-refractivity contribution is 0.480. The molecule has 104 valence electrons. The summed E-state index contributed by atoms with van der Waals surface area (Å²) in [5, 5.41) is 7.73. The Morgan fingerprint density at radius 2 is 2.32 bits per heavy atom. The molecule has 1 aromatic rings. The molecule has 0 aromatic carbocycles. The van der Waals surface area contributed by atoms with Crippen LogP contribution in [0.25, 0.3) is 0 Å². The molecular weight excluding hydrogens is 308 g/mol. The summed E-state index contributed by atoms with van der Waals surface area (Å²) in [4.78, 5) is 14.5. The van der Waals surface area contributed by atoms with Crippen molar-refractivity contribution >= 4 is 21.6 Å². The fraction of sp³-hybridized carbons (Fsp3) is 0.692. The molecule has 1 aliphatic carbocycles. The second-order valence-corrected chi connectivity index (χ2v) is 6.37. The molecule has 1 saturated heterocycles. The van der Waals surface area contributed by atoms with Crippen molar-refractivity contribution in [1.29, 1.82) is 0 Å². The molecule has 19 heavy (non-hydrogen) atoms. The molecule has 3 rings (SSSR count). The predicted octanol–water partition coefficient (Wildman–Crippen LogP) is 1.21. The average molecular weight is 327 g/mol. The van der Waals surface area contributed by atoms with Crippen LogP contribution in [0, 0.1) is 5.92 Å². The Kier molecular flexibility index (Phi) is 3.62. The second kappa shape index (κ2) is 5.25. The van der Waals surface area contributed by atoms with Gasteiger partial charge in [-0.25, -0.2) is 4.68 Å². The third kappa shape index (κ3) is 2.84. The summed E-state index contributed by atoms with van der Waals surface area (Å²) >= 11 is 3.46. The fourth-order valence-electron chi connectivity index (χ4n) is 2.50. The number of nitrogens with zero attached hydrogens (tertiary/aromatic N) is 3. The number of hydrogen-bond acceptors (Lipinski definition) is 4. The molecule has 0 amide bonds. The van der Waals surface area contributed by atoms with Gasteiger partial charge < -0.3 is 10.2 Å². The minimum absolute atomic E-state index is 0.00409. The Balaban J connectivity index is 1.85. The summed E-state index contributed by atoms with van der Waals surface area (Å²) in [6.45, 7) is 5.68. The molecule has 5 nitrogen and oxygen atoms in total. The lowest BCUT2D eigenvalue weighted by atomic mass is 10.2. The smallest absolute Gasteiger partial charge is 0.283 e. The lowest BCUT2D eigenvalue weighted by Gasteiger charge is -2.33. The molecule has 2 heterocycles. The number of rotatable bonds is 3. The molecule has 0 bridgehead atoms. The quantitative estimate of drug-likeness (QED) is 0.907. The second-order valence-electron chi connectivity index (χ2n) is 5.58. The van der Waals surface area contributed by atoms with E-state index in [0.717, 1.165) is 31.9 Å². The number of anilines is 1. The zero-order valence-corrected chi connectivity index (χ0v) is 12.7. The third-order valence-electron chi connectivity index (χ3n) is 3.80. The van der Waals surface area contributed by atoms with Gasteiger partial charge >= 0.3 is 0 Å². The number of halogens is 1. The van der Waals surface area contributed by atoms with Crippen molar-refractivity contribution in [3.05, 3.63) is 21.0 Å². The monoisotopic (exact) mass is 326 g/mol. The molecule has 0 unspecified atom stereocenters. The van der Waals surface area contributed by atoms with E-state index in [0.29, 0.717) is 16.4 Å². The number of aromatic nitrogens is 2. The maximum absolute atomic E-state index is 12.3. The van der Waals surface area contributed by atoms with E-state index >= 15 is 0 Å². The number of hydrogen-bond donors (Lipinski definition) is 1. The Bertz CT molecular complexity index is 526. The Morgan fingerprint density at radius 1 is 1.53 bits per heavy atom. The highest BCUT2D eigenvalue weighted by Gasteiger charge is 2.25. The van der Waals surface area contributed by atoms with Crippen LogP contribution in [0.4, 0.5) is 5.69 Å². The van der Waals surface area contributed by atoms with Crippen LogP contribution in [0.1, 0.15) is 19.8 Å². The zero-order chi connectivity index (χ0) is 13.4. The van der Waals surface area contributed by atoms with Gasteiger partial charge in [-0.05, 0) is 41.6 Å². The zero-order valence-electron chi connectivity index (χ0n) is 11.1. The average Bonchev–Trinajstić information content (AvgIpc) is 3.19. The predicted molar refractivity (Wildman–Crippen MR) is 78.6 cm³/mol. The lowest BCUT2D eigenvalue weighted by Crippen LogP contribution is -2.49. The Morgan fingerprint density at radius 3 is 3.00 bits per heavy atom. The van der Waals surface area contributed by atoms with Crippen LogP contribution in [0.2, 0.25) is 0 Å². The van der Waals surface area contributed by atoms with E-state index in [1.54, 1.807) is 4.68 Å². The van der Waals surface area contributed by atoms with E-state index < -0.39 is 0 Å². The van der Waals surface area contributed by atoms with Crippen molar-refractivity contribution in [2.24, 2.45) is 5.92 Å². The maximum atomic E-state index is 12.3. The molecule has 2 fully saturated rings. The van der Waals surface area contributed by atoms with E-state index in [4.69, 9.17) is 0 Å². The Hall–Kier alpha value is -0.880. The molecule has 1 N–H and O–H groups in total. The van der Waals surface area contributed by atoms with Crippen molar-refractivity contribution in [3.8, 4) is 0 Å². The summed E-state index contributed by atoms with van der Waals surface area (Å²) in [5.74, 6) is 0.655. The normalized spacial score (nSPS) is 23.7. The van der Waals surface area contributed by atoms with Crippen LogP contribution in [0.3, 0.4) is 0 Å². The van der Waals surface area contributed by atoms with Gasteiger partial charge in [-0.2, -0.15) is 5.10 Å². The molecule has 0 radical (unpaired) electrons. The van der Waals surface area contributed by atoms with Gasteiger partial charge in [0, 0.05) is 32.2 Å². The first-order valence-corrected chi connectivity index (χ1v) is 7.68. The van der Waals surface area contributed by atoms with Gasteiger partial charge in [0.1, 0.15) is 4.47 Å². The van der Waals surface area contributed by atoms with Gasteiger partial charge in [0.25, 0.3) is 5.56 Å². The first-order chi connectivity index (χ1) is 9.15. The van der Waals surface area contributed by atoms with E-state index in [1.165, 1.54) is 12.8 Å². The summed E-state index contributed by atoms with van der Waals surface area (Å²) in [6.07, 6.45) is 4.28. The first-order valence-electron chi connectivity index (χ1n) is 6.89. The highest BCUT2D eigenvalue weighted by atomic mass is 79.9. The van der Waals surface area contributed by atoms with Crippen LogP contribution in [0.15, 0.2) is 15.5 Å². The first kappa shape index (κ1) is 13.1. The van der Waals surface area contributed by atoms with Gasteiger partial charge in [0.05, 0.1) is 11.9 Å². The molecule has 0 spiro atoms. The van der Waals surface area contributed by atoms with E-state index in [-0.39, 0.29) is 5.56 Å². The van der Waals surface area contributed by atoms with Crippen molar-refractivity contribution < 1.29 is 0 Å². The van der Waals surface area contributed by atoms with Crippen molar-refractivity contribution in [2.45, 2.75) is 32.4 Å². The topological polar surface area (TPSA) is 50.2 Å². The summed E-state index contributed by atoms with van der Waals surface area (Å²) in [6, 6.07) is 0.439. The van der Waals surface area contributed by atoms with Gasteiger partial charge in [-0.3, -0.25) is 4.79 Å². The van der Waals surface area contributed by atoms with Gasteiger partial charge in [-0.1, -0.05) is 0 Å². The highest BCUT2D eigenvalue weighted by molar-refractivity contribution is 9.10. The van der Waals surface area contributed by atoms with Crippen molar-refractivity contribution in [3.63, 3.8) is 0 Å². The summed E-state index contributed by atoms with van der Waals surface area (Å²) in [5.41, 5.74) is 0.918. The van der Waals surface area contributed by atoms with Crippen LogP contribution in [-0.2, 0) is 6.54 Å².